The molecule has 18 heavy (non-hydrogen) atoms. The van der Waals surface area contributed by atoms with Crippen LogP contribution in [0.2, 0.25) is 0 Å². The van der Waals surface area contributed by atoms with Gasteiger partial charge in [0.05, 0.1) is 0 Å². The standard InChI is InChI=1S/C13H25N3OS/c1-10(9-17-5)8-12-16-15-11(18-12)6-7-14-13(2,3)4/h10,14H,6-9H2,1-5H3. The number of rotatable bonds is 7. The summed E-state index contributed by atoms with van der Waals surface area (Å²) in [6.07, 6.45) is 1.91. The molecule has 0 fully saturated rings. The van der Waals surface area contributed by atoms with Crippen molar-refractivity contribution >= 4 is 11.3 Å². The van der Waals surface area contributed by atoms with Gasteiger partial charge < -0.3 is 10.1 Å². The monoisotopic (exact) mass is 271 g/mol. The lowest BCUT2D eigenvalue weighted by atomic mass is 10.1. The van der Waals surface area contributed by atoms with Crippen LogP contribution in [-0.2, 0) is 17.6 Å². The largest absolute Gasteiger partial charge is 0.384 e. The summed E-state index contributed by atoms with van der Waals surface area (Å²) in [5.41, 5.74) is 0.167. The Labute approximate surface area is 114 Å². The lowest BCUT2D eigenvalue weighted by Crippen LogP contribution is -2.37. The van der Waals surface area contributed by atoms with Gasteiger partial charge in [-0.3, -0.25) is 0 Å². The molecule has 1 unspecified atom stereocenters. The Balaban J connectivity index is 2.34. The Morgan fingerprint density at radius 2 is 1.94 bits per heavy atom. The molecule has 0 saturated carbocycles. The third kappa shape index (κ3) is 6.42. The quantitative estimate of drug-likeness (QED) is 0.826. The minimum atomic E-state index is 0.167. The molecule has 0 radical (unpaired) electrons. The van der Waals surface area contributed by atoms with Crippen molar-refractivity contribution in [2.75, 3.05) is 20.3 Å². The summed E-state index contributed by atoms with van der Waals surface area (Å²) in [6, 6.07) is 0. The average Bonchev–Trinajstić information content (AvgIpc) is 2.64. The van der Waals surface area contributed by atoms with E-state index in [2.05, 4.69) is 43.2 Å². The lowest BCUT2D eigenvalue weighted by molar-refractivity contribution is 0.159. The zero-order valence-electron chi connectivity index (χ0n) is 12.1. The Kier molecular flexibility index (Phi) is 6.18. The van der Waals surface area contributed by atoms with Crippen molar-refractivity contribution in [3.8, 4) is 0 Å². The minimum absolute atomic E-state index is 0.167. The first-order valence-corrected chi connectivity index (χ1v) is 7.27. The summed E-state index contributed by atoms with van der Waals surface area (Å²) >= 11 is 1.72. The van der Waals surface area contributed by atoms with Crippen molar-refractivity contribution in [3.63, 3.8) is 0 Å². The van der Waals surface area contributed by atoms with Crippen LogP contribution in [0.4, 0.5) is 0 Å². The van der Waals surface area contributed by atoms with Crippen LogP contribution in [0.1, 0.15) is 37.7 Å². The maximum atomic E-state index is 5.13. The highest BCUT2D eigenvalue weighted by Gasteiger charge is 2.11. The fraction of sp³-hybridized carbons (Fsp3) is 0.846. The van der Waals surface area contributed by atoms with Gasteiger partial charge in [-0.1, -0.05) is 6.92 Å². The molecule has 0 saturated heterocycles. The second-order valence-electron chi connectivity index (χ2n) is 5.78. The highest BCUT2D eigenvalue weighted by molar-refractivity contribution is 7.11. The Morgan fingerprint density at radius 3 is 2.56 bits per heavy atom. The molecule has 0 aromatic carbocycles. The highest BCUT2D eigenvalue weighted by atomic mass is 32.1. The number of methoxy groups -OCH3 is 1. The highest BCUT2D eigenvalue weighted by Crippen LogP contribution is 2.15. The number of hydrogen-bond acceptors (Lipinski definition) is 5. The Hall–Kier alpha value is -0.520. The van der Waals surface area contributed by atoms with Crippen LogP contribution in [0, 0.1) is 5.92 Å². The van der Waals surface area contributed by atoms with Gasteiger partial charge in [-0.25, -0.2) is 0 Å². The van der Waals surface area contributed by atoms with Gasteiger partial charge in [0.2, 0.25) is 0 Å². The molecule has 0 bridgehead atoms. The van der Waals surface area contributed by atoms with Crippen molar-refractivity contribution in [1.29, 1.82) is 0 Å². The maximum absolute atomic E-state index is 5.13. The summed E-state index contributed by atoms with van der Waals surface area (Å²) in [4.78, 5) is 0. The van der Waals surface area contributed by atoms with Crippen LogP contribution in [-0.4, -0.2) is 36.0 Å². The number of nitrogens with zero attached hydrogens (tertiary/aromatic N) is 2. The van der Waals surface area contributed by atoms with Gasteiger partial charge in [0.25, 0.3) is 0 Å². The topological polar surface area (TPSA) is 47.0 Å². The van der Waals surface area contributed by atoms with Gasteiger partial charge in [-0.15, -0.1) is 21.5 Å². The van der Waals surface area contributed by atoms with Gasteiger partial charge in [0.15, 0.2) is 0 Å². The fourth-order valence-electron chi connectivity index (χ4n) is 1.66. The van der Waals surface area contributed by atoms with E-state index in [-0.39, 0.29) is 5.54 Å². The fourth-order valence-corrected chi connectivity index (χ4v) is 2.67. The Morgan fingerprint density at radius 1 is 1.28 bits per heavy atom. The molecule has 0 aliphatic rings. The van der Waals surface area contributed by atoms with Crippen molar-refractivity contribution in [2.24, 2.45) is 5.92 Å². The SMILES string of the molecule is COCC(C)Cc1nnc(CCNC(C)(C)C)s1. The number of hydrogen-bond donors (Lipinski definition) is 1. The summed E-state index contributed by atoms with van der Waals surface area (Å²) in [5, 5.41) is 14.2. The minimum Gasteiger partial charge on any atom is -0.384 e. The third-order valence-electron chi connectivity index (χ3n) is 2.48. The molecular weight excluding hydrogens is 246 g/mol. The molecule has 1 heterocycles. The summed E-state index contributed by atoms with van der Waals surface area (Å²) in [5.74, 6) is 0.503. The van der Waals surface area contributed by atoms with E-state index in [0.29, 0.717) is 5.92 Å². The van der Waals surface area contributed by atoms with E-state index >= 15 is 0 Å². The van der Waals surface area contributed by atoms with E-state index < -0.39 is 0 Å². The predicted octanol–water partition coefficient (Wildman–Crippen LogP) is 2.29. The van der Waals surface area contributed by atoms with Gasteiger partial charge >= 0.3 is 0 Å². The summed E-state index contributed by atoms with van der Waals surface area (Å²) < 4.78 is 5.13. The second kappa shape index (κ2) is 7.16. The summed E-state index contributed by atoms with van der Waals surface area (Å²) in [6.45, 7) is 10.4. The lowest BCUT2D eigenvalue weighted by Gasteiger charge is -2.19. The number of nitrogens with one attached hydrogen (secondary N) is 1. The van der Waals surface area contributed by atoms with Gasteiger partial charge in [-0.2, -0.15) is 0 Å². The molecular formula is C13H25N3OS. The van der Waals surface area contributed by atoms with E-state index in [1.54, 1.807) is 18.4 Å². The molecule has 5 heteroatoms. The van der Waals surface area contributed by atoms with Crippen LogP contribution in [0.3, 0.4) is 0 Å². The van der Waals surface area contributed by atoms with Crippen LogP contribution in [0.25, 0.3) is 0 Å². The van der Waals surface area contributed by atoms with Crippen LogP contribution in [0.5, 0.6) is 0 Å². The van der Waals surface area contributed by atoms with Crippen molar-refractivity contribution in [1.82, 2.24) is 15.5 Å². The number of aromatic nitrogens is 2. The van der Waals surface area contributed by atoms with Crippen molar-refractivity contribution in [3.05, 3.63) is 10.0 Å². The first-order valence-electron chi connectivity index (χ1n) is 6.46. The molecule has 4 nitrogen and oxygen atoms in total. The average molecular weight is 271 g/mol. The van der Waals surface area contributed by atoms with Gasteiger partial charge in [0.1, 0.15) is 10.0 Å². The molecule has 0 aliphatic carbocycles. The third-order valence-corrected chi connectivity index (χ3v) is 3.48. The predicted molar refractivity (Wildman–Crippen MR) is 76.1 cm³/mol. The Bertz CT molecular complexity index is 346. The van der Waals surface area contributed by atoms with Crippen LogP contribution >= 0.6 is 11.3 Å². The van der Waals surface area contributed by atoms with E-state index in [1.807, 2.05) is 0 Å². The van der Waals surface area contributed by atoms with Gasteiger partial charge in [-0.05, 0) is 26.7 Å². The normalized spacial score (nSPS) is 13.8. The van der Waals surface area contributed by atoms with Crippen LogP contribution in [0.15, 0.2) is 0 Å². The summed E-state index contributed by atoms with van der Waals surface area (Å²) in [7, 11) is 1.74. The molecule has 0 spiro atoms. The molecule has 1 atom stereocenters. The van der Waals surface area contributed by atoms with E-state index in [4.69, 9.17) is 4.74 Å². The zero-order valence-corrected chi connectivity index (χ0v) is 12.9. The van der Waals surface area contributed by atoms with Crippen LogP contribution < -0.4 is 5.32 Å². The maximum Gasteiger partial charge on any atom is 0.118 e. The van der Waals surface area contributed by atoms with Crippen molar-refractivity contribution in [2.45, 2.75) is 46.1 Å². The van der Waals surface area contributed by atoms with E-state index in [9.17, 15) is 0 Å². The molecule has 1 N–H and O–H groups in total. The second-order valence-corrected chi connectivity index (χ2v) is 6.93. The first-order chi connectivity index (χ1) is 8.40. The van der Waals surface area contributed by atoms with E-state index in [0.717, 1.165) is 36.0 Å². The first kappa shape index (κ1) is 15.5. The zero-order chi connectivity index (χ0) is 13.6. The molecule has 0 amide bonds. The molecule has 1 aromatic rings. The molecule has 1 rings (SSSR count). The smallest absolute Gasteiger partial charge is 0.118 e. The van der Waals surface area contributed by atoms with E-state index in [1.165, 1.54) is 0 Å². The van der Waals surface area contributed by atoms with Crippen molar-refractivity contribution < 1.29 is 4.74 Å². The molecule has 104 valence electrons. The number of ether oxygens (including phenoxy) is 1. The molecule has 0 aliphatic heterocycles. The van der Waals surface area contributed by atoms with Gasteiger partial charge in [0, 0.05) is 38.6 Å². The molecule has 1 aromatic heterocycles.